The van der Waals surface area contributed by atoms with Gasteiger partial charge < -0.3 is 44.6 Å². The molecule has 0 radical (unpaired) electrons. The second kappa shape index (κ2) is 38.6. The van der Waals surface area contributed by atoms with Gasteiger partial charge in [-0.1, -0.05) is 131 Å². The fourth-order valence-corrected chi connectivity index (χ4v) is 6.30. The maximum absolute atomic E-state index is 12.7. The molecular formula is C44H74O16P2. The Morgan fingerprint density at radius 3 is 1.73 bits per heavy atom. The molecule has 1 unspecified atom stereocenters. The number of hydrogen-bond acceptors (Lipinski definition) is 13. The topological polar surface area (TPSA) is 256 Å². The maximum Gasteiger partial charge on any atom is 0.472 e. The Morgan fingerprint density at radius 1 is 0.565 bits per heavy atom. The van der Waals surface area contributed by atoms with Crippen molar-refractivity contribution in [3.05, 3.63) is 85.1 Å². The molecule has 62 heavy (non-hydrogen) atoms. The van der Waals surface area contributed by atoms with E-state index in [0.717, 1.165) is 51.4 Å². The minimum atomic E-state index is -4.92. The molecule has 0 aliphatic carbocycles. The van der Waals surface area contributed by atoms with Gasteiger partial charge in [0.1, 0.15) is 12.7 Å². The van der Waals surface area contributed by atoms with Gasteiger partial charge >= 0.3 is 27.6 Å². The van der Waals surface area contributed by atoms with Crippen LogP contribution in [0.3, 0.4) is 0 Å². The van der Waals surface area contributed by atoms with Crippen molar-refractivity contribution in [3.63, 3.8) is 0 Å². The molecule has 0 aromatic heterocycles. The van der Waals surface area contributed by atoms with E-state index >= 15 is 0 Å². The molecule has 18 heteroatoms. The van der Waals surface area contributed by atoms with Gasteiger partial charge in [0.25, 0.3) is 0 Å². The fourth-order valence-electron chi connectivity index (χ4n) is 5.15. The predicted molar refractivity (Wildman–Crippen MR) is 238 cm³/mol. The van der Waals surface area contributed by atoms with Gasteiger partial charge in [-0.05, 0) is 64.2 Å². The summed E-state index contributed by atoms with van der Waals surface area (Å²) in [6.45, 7) is 1.16. The molecule has 0 aromatic rings. The second-order valence-corrected chi connectivity index (χ2v) is 17.2. The molecule has 0 saturated carbocycles. The first-order valence-corrected chi connectivity index (χ1v) is 24.6. The van der Waals surface area contributed by atoms with Crippen molar-refractivity contribution in [2.24, 2.45) is 0 Å². The van der Waals surface area contributed by atoms with Crippen LogP contribution in [-0.2, 0) is 41.8 Å². The molecule has 0 saturated heterocycles. The largest absolute Gasteiger partial charge is 0.472 e. The number of unbranched alkanes of at least 4 members (excludes halogenated alkanes) is 7. The summed E-state index contributed by atoms with van der Waals surface area (Å²) >= 11 is 0. The maximum atomic E-state index is 12.7. The number of carbonyl (C=O) groups is 2. The molecular weight excluding hydrogens is 846 g/mol. The highest BCUT2D eigenvalue weighted by Gasteiger charge is 2.28. The molecule has 7 N–H and O–H groups in total. The van der Waals surface area contributed by atoms with Crippen LogP contribution in [0, 0.1) is 0 Å². The lowest BCUT2D eigenvalue weighted by Crippen LogP contribution is -2.30. The average molecular weight is 921 g/mol. The fraction of sp³-hybridized carbons (Fsp3) is 0.636. The summed E-state index contributed by atoms with van der Waals surface area (Å²) in [4.78, 5) is 52.7. The van der Waals surface area contributed by atoms with Gasteiger partial charge in [0, 0.05) is 12.8 Å². The summed E-state index contributed by atoms with van der Waals surface area (Å²) in [6.07, 6.45) is 32.3. The monoisotopic (exact) mass is 920 g/mol. The molecule has 0 aliphatic rings. The number of allylic oxidation sites excluding steroid dienone is 12. The first-order chi connectivity index (χ1) is 29.6. The minimum Gasteiger partial charge on any atom is -0.462 e. The zero-order chi connectivity index (χ0) is 46.3. The first kappa shape index (κ1) is 59.2. The van der Waals surface area contributed by atoms with Gasteiger partial charge in [-0.3, -0.25) is 23.2 Å². The smallest absolute Gasteiger partial charge is 0.462 e. The number of phosphoric acid groups is 2. The Bertz CT molecular complexity index is 1470. The van der Waals surface area contributed by atoms with Crippen LogP contribution in [-0.4, -0.2) is 104 Å². The van der Waals surface area contributed by atoms with Crippen LogP contribution in [0.5, 0.6) is 0 Å². The van der Waals surface area contributed by atoms with E-state index in [0.29, 0.717) is 12.8 Å². The van der Waals surface area contributed by atoms with Crippen molar-refractivity contribution in [3.8, 4) is 0 Å². The summed E-state index contributed by atoms with van der Waals surface area (Å²) in [6, 6.07) is 0. The summed E-state index contributed by atoms with van der Waals surface area (Å²) in [5.74, 6) is -1.42. The highest BCUT2D eigenvalue weighted by Crippen LogP contribution is 2.43. The minimum absolute atomic E-state index is 0.0161. The van der Waals surface area contributed by atoms with Crippen LogP contribution in [0.25, 0.3) is 0 Å². The molecule has 0 amide bonds. The van der Waals surface area contributed by atoms with Gasteiger partial charge in [-0.15, -0.1) is 0 Å². The summed E-state index contributed by atoms with van der Waals surface area (Å²) < 4.78 is 47.4. The molecule has 0 aliphatic heterocycles. The molecule has 0 spiro atoms. The molecule has 0 bridgehead atoms. The zero-order valence-electron chi connectivity index (χ0n) is 36.5. The van der Waals surface area contributed by atoms with Crippen molar-refractivity contribution in [1.82, 2.24) is 0 Å². The average Bonchev–Trinajstić information content (AvgIpc) is 3.22. The van der Waals surface area contributed by atoms with E-state index < -0.39 is 84.5 Å². The molecule has 0 rings (SSSR count). The lowest BCUT2D eigenvalue weighted by Gasteiger charge is -2.21. The van der Waals surface area contributed by atoms with Crippen LogP contribution < -0.4 is 0 Å². The molecule has 356 valence electrons. The van der Waals surface area contributed by atoms with Crippen LogP contribution >= 0.6 is 15.6 Å². The number of phosphoric ester groups is 2. The van der Waals surface area contributed by atoms with Crippen molar-refractivity contribution in [2.75, 3.05) is 26.4 Å². The normalized spacial score (nSPS) is 16.3. The van der Waals surface area contributed by atoms with Crippen LogP contribution in [0.15, 0.2) is 85.1 Å². The number of aliphatic hydroxyl groups excluding tert-OH is 4. The molecule has 0 heterocycles. The van der Waals surface area contributed by atoms with E-state index in [4.69, 9.17) is 23.8 Å². The Balaban J connectivity index is 4.94. The number of rotatable bonds is 39. The number of esters is 2. The van der Waals surface area contributed by atoms with Gasteiger partial charge in [0.15, 0.2) is 6.10 Å². The highest BCUT2D eigenvalue weighted by atomic mass is 31.2. The van der Waals surface area contributed by atoms with Gasteiger partial charge in [-0.2, -0.15) is 0 Å². The zero-order valence-corrected chi connectivity index (χ0v) is 38.3. The third kappa shape index (κ3) is 40.0. The molecule has 16 nitrogen and oxygen atoms in total. The Labute approximate surface area is 368 Å². The van der Waals surface area contributed by atoms with Crippen molar-refractivity contribution in [1.29, 1.82) is 0 Å². The first-order valence-electron chi connectivity index (χ1n) is 21.6. The number of carbonyl (C=O) groups excluding carboxylic acids is 2. The lowest BCUT2D eigenvalue weighted by molar-refractivity contribution is -0.161. The Morgan fingerprint density at radius 2 is 1.10 bits per heavy atom. The van der Waals surface area contributed by atoms with E-state index in [2.05, 4.69) is 53.3 Å². The molecule has 0 aromatic carbocycles. The number of hydrogen-bond donors (Lipinski definition) is 7. The summed E-state index contributed by atoms with van der Waals surface area (Å²) in [5, 5.41) is 40.3. The van der Waals surface area contributed by atoms with E-state index in [1.54, 1.807) is 42.5 Å². The Hall–Kier alpha value is -2.82. The summed E-state index contributed by atoms with van der Waals surface area (Å²) in [5.41, 5.74) is 0. The van der Waals surface area contributed by atoms with Gasteiger partial charge in [0.05, 0.1) is 38.1 Å². The van der Waals surface area contributed by atoms with Crippen molar-refractivity contribution >= 4 is 27.6 Å². The van der Waals surface area contributed by atoms with E-state index in [-0.39, 0.29) is 25.7 Å². The standard InChI is InChI=1S/C44H74O16P2/c1-3-5-7-8-9-10-11-12-13-14-15-16-17-22-26-32-43(49)56-36-40(37-59-62(54,55)58-35-39(46)34-57-61(51,52)53)60-44(50)33-27-31-42(48)41(47)30-25-21-19-18-20-24-29-38(45)28-23-6-4-2/h9-10,12-13,15-16,18-21,24-25,29-30,38-42,45-48H,3-8,11,14,17,22-23,26-28,31-37H2,1-2H3,(H,54,55)(H2,51,52,53)/b10-9-,13-12-,16-15-,20-18-,21-19+,29-24+,30-25+/t38-,39-,40+,41-,42-/m0/s1. The SMILES string of the molecule is CCCCC/C=C\C/C=C\C/C=C\CCCCC(=O)OC[C@H](COP(=O)(O)OC[C@@H](O)COP(=O)(O)O)OC(=O)CCC[C@H](O)[C@@H](O)/C=C/C=C/C=C\C=C\[C@@H](O)CCCCC. The van der Waals surface area contributed by atoms with Crippen LogP contribution in [0.2, 0.25) is 0 Å². The van der Waals surface area contributed by atoms with Crippen LogP contribution in [0.1, 0.15) is 123 Å². The van der Waals surface area contributed by atoms with Crippen molar-refractivity contribution in [2.45, 2.75) is 154 Å². The predicted octanol–water partition coefficient (Wildman–Crippen LogP) is 7.69. The quantitative estimate of drug-likeness (QED) is 0.0103. The van der Waals surface area contributed by atoms with E-state index in [9.17, 15) is 44.0 Å². The second-order valence-electron chi connectivity index (χ2n) is 14.5. The molecule has 0 fully saturated rings. The van der Waals surface area contributed by atoms with E-state index in [1.165, 1.54) is 25.3 Å². The van der Waals surface area contributed by atoms with Crippen molar-refractivity contribution < 1.29 is 76.9 Å². The van der Waals surface area contributed by atoms with Gasteiger partial charge in [-0.25, -0.2) is 9.13 Å². The number of ether oxygens (including phenoxy) is 2. The Kier molecular flexibility index (Phi) is 36.9. The van der Waals surface area contributed by atoms with E-state index in [1.807, 2.05) is 6.08 Å². The van der Waals surface area contributed by atoms with Gasteiger partial charge in [0.2, 0.25) is 0 Å². The third-order valence-electron chi connectivity index (χ3n) is 8.61. The molecule has 6 atom stereocenters. The summed E-state index contributed by atoms with van der Waals surface area (Å²) in [7, 11) is -9.83. The van der Waals surface area contributed by atoms with Crippen LogP contribution in [0.4, 0.5) is 0 Å². The third-order valence-corrected chi connectivity index (χ3v) is 10.0. The highest BCUT2D eigenvalue weighted by molar-refractivity contribution is 7.47. The lowest BCUT2D eigenvalue weighted by atomic mass is 10.1. The number of aliphatic hydroxyl groups is 4.